The van der Waals surface area contributed by atoms with Crippen molar-refractivity contribution in [1.29, 1.82) is 0 Å². The number of rotatable bonds is 9. The van der Waals surface area contributed by atoms with Crippen molar-refractivity contribution in [3.63, 3.8) is 0 Å². The Morgan fingerprint density at radius 2 is 2.21 bits per heavy atom. The number of aliphatic hydroxyl groups excluding tert-OH is 2. The van der Waals surface area contributed by atoms with Gasteiger partial charge < -0.3 is 25.0 Å². The van der Waals surface area contributed by atoms with Crippen LogP contribution in [0.1, 0.15) is 5.56 Å². The lowest BCUT2D eigenvalue weighted by molar-refractivity contribution is 0.0532. The average Bonchev–Trinajstić information content (AvgIpc) is 2.42. The van der Waals surface area contributed by atoms with Crippen molar-refractivity contribution < 1.29 is 19.7 Å². The molecular formula is C13H20BrNO4. The zero-order chi connectivity index (χ0) is 14.1. The van der Waals surface area contributed by atoms with Crippen LogP contribution in [0.25, 0.3) is 0 Å². The summed E-state index contributed by atoms with van der Waals surface area (Å²) in [7, 11) is 1.66. The third kappa shape index (κ3) is 6.35. The standard InChI is InChI=1S/C13H20BrNO4/c1-18-5-4-15-7-10-6-11(14)2-3-13(10)19-9-12(17)8-16/h2-3,6,12,15-17H,4-5,7-9H2,1H3. The van der Waals surface area contributed by atoms with Gasteiger partial charge in [-0.15, -0.1) is 0 Å². The van der Waals surface area contributed by atoms with Crippen molar-refractivity contribution in [2.75, 3.05) is 33.5 Å². The molecule has 0 aliphatic heterocycles. The van der Waals surface area contributed by atoms with E-state index >= 15 is 0 Å². The van der Waals surface area contributed by atoms with E-state index in [-0.39, 0.29) is 13.2 Å². The van der Waals surface area contributed by atoms with Crippen LogP contribution in [0.2, 0.25) is 0 Å². The van der Waals surface area contributed by atoms with E-state index in [0.29, 0.717) is 18.9 Å². The molecule has 5 nitrogen and oxygen atoms in total. The van der Waals surface area contributed by atoms with Crippen LogP contribution in [0.15, 0.2) is 22.7 Å². The summed E-state index contributed by atoms with van der Waals surface area (Å²) in [6, 6.07) is 5.67. The summed E-state index contributed by atoms with van der Waals surface area (Å²) in [5.41, 5.74) is 0.982. The normalized spacial score (nSPS) is 12.4. The van der Waals surface area contributed by atoms with Crippen LogP contribution < -0.4 is 10.1 Å². The summed E-state index contributed by atoms with van der Waals surface area (Å²) in [4.78, 5) is 0. The Balaban J connectivity index is 2.58. The van der Waals surface area contributed by atoms with Crippen LogP contribution in [-0.4, -0.2) is 49.8 Å². The summed E-state index contributed by atoms with van der Waals surface area (Å²) in [6.45, 7) is 1.81. The largest absolute Gasteiger partial charge is 0.490 e. The van der Waals surface area contributed by atoms with Gasteiger partial charge in [0.05, 0.1) is 13.2 Å². The monoisotopic (exact) mass is 333 g/mol. The molecule has 1 atom stereocenters. The lowest BCUT2D eigenvalue weighted by Gasteiger charge is -2.14. The summed E-state index contributed by atoms with van der Waals surface area (Å²) in [5, 5.41) is 21.3. The van der Waals surface area contributed by atoms with E-state index in [1.807, 2.05) is 18.2 Å². The van der Waals surface area contributed by atoms with Gasteiger partial charge in [-0.1, -0.05) is 15.9 Å². The van der Waals surface area contributed by atoms with E-state index in [2.05, 4.69) is 21.2 Å². The van der Waals surface area contributed by atoms with Crippen LogP contribution >= 0.6 is 15.9 Å². The summed E-state index contributed by atoms with van der Waals surface area (Å²) in [6.07, 6.45) is -0.863. The van der Waals surface area contributed by atoms with Crippen molar-refractivity contribution in [3.05, 3.63) is 28.2 Å². The van der Waals surface area contributed by atoms with Gasteiger partial charge in [0.15, 0.2) is 0 Å². The highest BCUT2D eigenvalue weighted by Crippen LogP contribution is 2.23. The first kappa shape index (κ1) is 16.4. The predicted molar refractivity (Wildman–Crippen MR) is 76.3 cm³/mol. The molecule has 3 N–H and O–H groups in total. The molecule has 108 valence electrons. The van der Waals surface area contributed by atoms with Crippen molar-refractivity contribution in [2.45, 2.75) is 12.6 Å². The third-order valence-electron chi connectivity index (χ3n) is 2.46. The van der Waals surface area contributed by atoms with Crippen molar-refractivity contribution in [1.82, 2.24) is 5.32 Å². The van der Waals surface area contributed by atoms with Gasteiger partial charge in [-0.25, -0.2) is 0 Å². The highest BCUT2D eigenvalue weighted by Gasteiger charge is 2.08. The second-order valence-corrected chi connectivity index (χ2v) is 4.98. The number of halogens is 1. The number of nitrogens with one attached hydrogen (secondary N) is 1. The molecule has 1 unspecified atom stereocenters. The van der Waals surface area contributed by atoms with Gasteiger partial charge in [-0.2, -0.15) is 0 Å². The molecule has 1 aromatic carbocycles. The maximum absolute atomic E-state index is 9.29. The Bertz CT molecular complexity index is 376. The minimum Gasteiger partial charge on any atom is -0.490 e. The first-order chi connectivity index (χ1) is 9.17. The molecule has 0 aliphatic rings. The van der Waals surface area contributed by atoms with Crippen LogP contribution in [0, 0.1) is 0 Å². The lowest BCUT2D eigenvalue weighted by atomic mass is 10.2. The Morgan fingerprint density at radius 3 is 2.89 bits per heavy atom. The predicted octanol–water partition coefficient (Wildman–Crippen LogP) is 0.917. The molecular weight excluding hydrogens is 314 g/mol. The van der Waals surface area contributed by atoms with Crippen LogP contribution in [0.5, 0.6) is 5.75 Å². The molecule has 6 heteroatoms. The molecule has 0 fully saturated rings. The van der Waals surface area contributed by atoms with Crippen molar-refractivity contribution in [2.24, 2.45) is 0 Å². The third-order valence-corrected chi connectivity index (χ3v) is 2.96. The molecule has 1 aromatic rings. The van der Waals surface area contributed by atoms with E-state index < -0.39 is 6.10 Å². The molecule has 0 saturated carbocycles. The van der Waals surface area contributed by atoms with E-state index in [1.54, 1.807) is 7.11 Å². The SMILES string of the molecule is COCCNCc1cc(Br)ccc1OCC(O)CO. The molecule has 0 bridgehead atoms. The zero-order valence-corrected chi connectivity index (χ0v) is 12.5. The zero-order valence-electron chi connectivity index (χ0n) is 10.9. The molecule has 0 saturated heterocycles. The highest BCUT2D eigenvalue weighted by atomic mass is 79.9. The fourth-order valence-electron chi connectivity index (χ4n) is 1.46. The van der Waals surface area contributed by atoms with Crippen molar-refractivity contribution >= 4 is 15.9 Å². The van der Waals surface area contributed by atoms with Gasteiger partial charge in [0.1, 0.15) is 18.5 Å². The number of hydrogen-bond donors (Lipinski definition) is 3. The minimum atomic E-state index is -0.863. The Hall–Kier alpha value is -0.660. The van der Waals surface area contributed by atoms with E-state index in [0.717, 1.165) is 16.6 Å². The Labute approximate surface area is 121 Å². The topological polar surface area (TPSA) is 71.0 Å². The molecule has 0 heterocycles. The Morgan fingerprint density at radius 1 is 1.42 bits per heavy atom. The first-order valence-corrected chi connectivity index (χ1v) is 6.86. The molecule has 0 aliphatic carbocycles. The van der Waals surface area contributed by atoms with Crippen LogP contribution in [-0.2, 0) is 11.3 Å². The maximum Gasteiger partial charge on any atom is 0.124 e. The Kier molecular flexibility index (Phi) is 8.00. The smallest absolute Gasteiger partial charge is 0.124 e. The van der Waals surface area contributed by atoms with Crippen LogP contribution in [0.3, 0.4) is 0 Å². The van der Waals surface area contributed by atoms with E-state index in [4.69, 9.17) is 14.6 Å². The van der Waals surface area contributed by atoms with E-state index in [1.165, 1.54) is 0 Å². The van der Waals surface area contributed by atoms with Gasteiger partial charge in [0, 0.05) is 30.2 Å². The van der Waals surface area contributed by atoms with Crippen molar-refractivity contribution in [3.8, 4) is 5.75 Å². The number of methoxy groups -OCH3 is 1. The summed E-state index contributed by atoms with van der Waals surface area (Å²) < 4.78 is 11.4. The quantitative estimate of drug-likeness (QED) is 0.586. The first-order valence-electron chi connectivity index (χ1n) is 6.07. The molecule has 0 amide bonds. The molecule has 19 heavy (non-hydrogen) atoms. The number of aliphatic hydroxyl groups is 2. The van der Waals surface area contributed by atoms with Gasteiger partial charge >= 0.3 is 0 Å². The number of benzene rings is 1. The average molecular weight is 334 g/mol. The highest BCUT2D eigenvalue weighted by molar-refractivity contribution is 9.10. The second kappa shape index (κ2) is 9.28. The fraction of sp³-hybridized carbons (Fsp3) is 0.538. The molecule has 0 spiro atoms. The maximum atomic E-state index is 9.29. The van der Waals surface area contributed by atoms with Gasteiger partial charge in [-0.3, -0.25) is 0 Å². The van der Waals surface area contributed by atoms with Gasteiger partial charge in [0.2, 0.25) is 0 Å². The number of hydrogen-bond acceptors (Lipinski definition) is 5. The second-order valence-electron chi connectivity index (χ2n) is 4.07. The number of ether oxygens (including phenoxy) is 2. The molecule has 0 aromatic heterocycles. The van der Waals surface area contributed by atoms with Gasteiger partial charge in [0.25, 0.3) is 0 Å². The van der Waals surface area contributed by atoms with E-state index in [9.17, 15) is 5.11 Å². The van der Waals surface area contributed by atoms with Gasteiger partial charge in [-0.05, 0) is 18.2 Å². The molecule has 1 rings (SSSR count). The molecule has 0 radical (unpaired) electrons. The lowest BCUT2D eigenvalue weighted by Crippen LogP contribution is -2.23. The minimum absolute atomic E-state index is 0.0726. The summed E-state index contributed by atoms with van der Waals surface area (Å²) >= 11 is 3.42. The summed E-state index contributed by atoms with van der Waals surface area (Å²) in [5.74, 6) is 0.695. The van der Waals surface area contributed by atoms with Crippen LogP contribution in [0.4, 0.5) is 0 Å². The fourth-order valence-corrected chi connectivity index (χ4v) is 1.87.